The average Bonchev–Trinajstić information content (AvgIpc) is 3.12. The van der Waals surface area contributed by atoms with Gasteiger partial charge in [0.15, 0.2) is 0 Å². The van der Waals surface area contributed by atoms with Crippen molar-refractivity contribution in [2.75, 3.05) is 25.1 Å². The number of ether oxygens (including phenoxy) is 1. The maximum Gasteiger partial charge on any atom is 0.313 e. The first-order chi connectivity index (χ1) is 11.2. The van der Waals surface area contributed by atoms with Crippen LogP contribution in [-0.4, -0.2) is 36.1 Å². The summed E-state index contributed by atoms with van der Waals surface area (Å²) < 4.78 is 5.13. The Hall–Kier alpha value is -2.17. The number of esters is 1. The predicted molar refractivity (Wildman–Crippen MR) is 88.3 cm³/mol. The molecule has 0 spiro atoms. The van der Waals surface area contributed by atoms with Gasteiger partial charge < -0.3 is 9.64 Å². The molecule has 23 heavy (non-hydrogen) atoms. The molecule has 2 fully saturated rings. The standard InChI is InChI=1S/C18H21N3O2/c1-12-5-3-7-14-15(12)19-11-20-16(14)21-9-13-6-4-8-18(13,10-21)17(22)23-2/h3,5,7,11,13H,4,6,8-10H2,1-2H3. The van der Waals surface area contributed by atoms with Crippen molar-refractivity contribution in [2.45, 2.75) is 26.2 Å². The van der Waals surface area contributed by atoms with Gasteiger partial charge in [-0.1, -0.05) is 18.6 Å². The first-order valence-electron chi connectivity index (χ1n) is 8.19. The molecule has 1 aliphatic heterocycles. The number of aryl methyl sites for hydroxylation is 1. The molecule has 4 rings (SSSR count). The molecule has 120 valence electrons. The number of benzene rings is 1. The molecule has 0 bridgehead atoms. The average molecular weight is 311 g/mol. The Labute approximate surface area is 135 Å². The topological polar surface area (TPSA) is 55.3 Å². The van der Waals surface area contributed by atoms with Crippen LogP contribution in [0.2, 0.25) is 0 Å². The first-order valence-corrected chi connectivity index (χ1v) is 8.19. The van der Waals surface area contributed by atoms with Gasteiger partial charge in [0.1, 0.15) is 12.1 Å². The molecule has 1 saturated heterocycles. The van der Waals surface area contributed by atoms with Gasteiger partial charge in [-0.15, -0.1) is 0 Å². The van der Waals surface area contributed by atoms with E-state index in [0.29, 0.717) is 12.5 Å². The third kappa shape index (κ3) is 2.02. The fourth-order valence-corrected chi connectivity index (χ4v) is 4.46. The molecule has 5 heteroatoms. The summed E-state index contributed by atoms with van der Waals surface area (Å²) in [7, 11) is 1.50. The lowest BCUT2D eigenvalue weighted by molar-refractivity contribution is -0.152. The zero-order valence-electron chi connectivity index (χ0n) is 13.6. The van der Waals surface area contributed by atoms with Crippen molar-refractivity contribution in [3.05, 3.63) is 30.1 Å². The summed E-state index contributed by atoms with van der Waals surface area (Å²) in [6.07, 6.45) is 4.75. The highest BCUT2D eigenvalue weighted by atomic mass is 16.5. The molecule has 0 N–H and O–H groups in total. The molecule has 2 aromatic rings. The van der Waals surface area contributed by atoms with Crippen LogP contribution >= 0.6 is 0 Å². The predicted octanol–water partition coefficient (Wildman–Crippen LogP) is 2.72. The van der Waals surface area contributed by atoms with Crippen molar-refractivity contribution >= 4 is 22.7 Å². The van der Waals surface area contributed by atoms with E-state index in [1.807, 2.05) is 6.07 Å². The number of aromatic nitrogens is 2. The number of anilines is 1. The van der Waals surface area contributed by atoms with Crippen molar-refractivity contribution in [3.63, 3.8) is 0 Å². The van der Waals surface area contributed by atoms with E-state index in [1.54, 1.807) is 6.33 Å². The molecule has 2 unspecified atom stereocenters. The van der Waals surface area contributed by atoms with E-state index in [-0.39, 0.29) is 11.4 Å². The van der Waals surface area contributed by atoms with Gasteiger partial charge in [-0.25, -0.2) is 9.97 Å². The number of methoxy groups -OCH3 is 1. The minimum atomic E-state index is -0.351. The lowest BCUT2D eigenvalue weighted by Gasteiger charge is -2.26. The zero-order chi connectivity index (χ0) is 16.0. The van der Waals surface area contributed by atoms with Crippen LogP contribution in [0.1, 0.15) is 24.8 Å². The lowest BCUT2D eigenvalue weighted by atomic mass is 9.81. The van der Waals surface area contributed by atoms with Gasteiger partial charge in [0.25, 0.3) is 0 Å². The Morgan fingerprint density at radius 1 is 1.39 bits per heavy atom. The maximum absolute atomic E-state index is 12.4. The first kappa shape index (κ1) is 14.4. The monoisotopic (exact) mass is 311 g/mol. The smallest absolute Gasteiger partial charge is 0.313 e. The molecule has 1 saturated carbocycles. The molecule has 1 aromatic heterocycles. The van der Waals surface area contributed by atoms with Crippen LogP contribution in [0, 0.1) is 18.3 Å². The van der Waals surface area contributed by atoms with Gasteiger partial charge >= 0.3 is 5.97 Å². The largest absolute Gasteiger partial charge is 0.469 e. The summed E-state index contributed by atoms with van der Waals surface area (Å²) in [5, 5.41) is 1.06. The number of nitrogens with zero attached hydrogens (tertiary/aromatic N) is 3. The second-order valence-corrected chi connectivity index (χ2v) is 6.79. The van der Waals surface area contributed by atoms with Crippen molar-refractivity contribution in [2.24, 2.45) is 11.3 Å². The Morgan fingerprint density at radius 3 is 3.09 bits per heavy atom. The molecule has 2 atom stereocenters. The summed E-state index contributed by atoms with van der Waals surface area (Å²) in [5.41, 5.74) is 1.78. The highest BCUT2D eigenvalue weighted by Crippen LogP contribution is 2.50. The summed E-state index contributed by atoms with van der Waals surface area (Å²) in [6.45, 7) is 3.63. The van der Waals surface area contributed by atoms with Gasteiger partial charge in [-0.2, -0.15) is 0 Å². The van der Waals surface area contributed by atoms with Crippen molar-refractivity contribution in [1.29, 1.82) is 0 Å². The van der Waals surface area contributed by atoms with E-state index in [1.165, 1.54) is 7.11 Å². The second kappa shape index (κ2) is 5.18. The minimum absolute atomic E-state index is 0.0583. The number of fused-ring (bicyclic) bond motifs is 2. The summed E-state index contributed by atoms with van der Waals surface area (Å²) >= 11 is 0. The number of carbonyl (C=O) groups excluding carboxylic acids is 1. The van der Waals surface area contributed by atoms with E-state index in [0.717, 1.165) is 48.1 Å². The van der Waals surface area contributed by atoms with Gasteiger partial charge in [-0.05, 0) is 37.3 Å². The van der Waals surface area contributed by atoms with Gasteiger partial charge in [0, 0.05) is 18.5 Å². The van der Waals surface area contributed by atoms with Gasteiger partial charge in [-0.3, -0.25) is 4.79 Å². The van der Waals surface area contributed by atoms with Crippen LogP contribution < -0.4 is 4.90 Å². The molecule has 2 heterocycles. The van der Waals surface area contributed by atoms with Crippen molar-refractivity contribution in [3.8, 4) is 0 Å². The molecule has 5 nitrogen and oxygen atoms in total. The summed E-state index contributed by atoms with van der Waals surface area (Å²) in [4.78, 5) is 23.6. The SMILES string of the molecule is COC(=O)C12CCCC1CN(c1ncnc3c(C)cccc13)C2. The van der Waals surface area contributed by atoms with Crippen LogP contribution in [0.5, 0.6) is 0 Å². The van der Waals surface area contributed by atoms with E-state index in [9.17, 15) is 4.79 Å². The molecule has 0 radical (unpaired) electrons. The lowest BCUT2D eigenvalue weighted by Crippen LogP contribution is -2.37. The van der Waals surface area contributed by atoms with E-state index >= 15 is 0 Å². The minimum Gasteiger partial charge on any atom is -0.469 e. The third-order valence-electron chi connectivity index (χ3n) is 5.61. The number of hydrogen-bond acceptors (Lipinski definition) is 5. The van der Waals surface area contributed by atoms with Crippen molar-refractivity contribution < 1.29 is 9.53 Å². The van der Waals surface area contributed by atoms with E-state index in [4.69, 9.17) is 4.74 Å². The maximum atomic E-state index is 12.4. The van der Waals surface area contributed by atoms with Crippen LogP contribution in [-0.2, 0) is 9.53 Å². The number of carbonyl (C=O) groups is 1. The molecule has 1 aromatic carbocycles. The molecular formula is C18H21N3O2. The van der Waals surface area contributed by atoms with Gasteiger partial charge in [0.2, 0.25) is 0 Å². The highest BCUT2D eigenvalue weighted by Gasteiger charge is 2.55. The Kier molecular flexibility index (Phi) is 3.25. The second-order valence-electron chi connectivity index (χ2n) is 6.79. The Morgan fingerprint density at radius 2 is 2.26 bits per heavy atom. The van der Waals surface area contributed by atoms with E-state index in [2.05, 4.69) is 33.9 Å². The number of para-hydroxylation sites is 1. The Bertz CT molecular complexity index is 776. The van der Waals surface area contributed by atoms with Crippen LogP contribution in [0.25, 0.3) is 10.9 Å². The van der Waals surface area contributed by atoms with Crippen LogP contribution in [0.4, 0.5) is 5.82 Å². The molecular weight excluding hydrogens is 290 g/mol. The molecule has 0 amide bonds. The zero-order valence-corrected chi connectivity index (χ0v) is 13.6. The summed E-state index contributed by atoms with van der Waals surface area (Å²) in [5.74, 6) is 1.25. The fourth-order valence-electron chi connectivity index (χ4n) is 4.46. The van der Waals surface area contributed by atoms with Crippen molar-refractivity contribution in [1.82, 2.24) is 9.97 Å². The fraction of sp³-hybridized carbons (Fsp3) is 0.500. The Balaban J connectivity index is 1.76. The quantitative estimate of drug-likeness (QED) is 0.798. The highest BCUT2D eigenvalue weighted by molar-refractivity contribution is 5.92. The molecule has 1 aliphatic carbocycles. The number of hydrogen-bond donors (Lipinski definition) is 0. The third-order valence-corrected chi connectivity index (χ3v) is 5.61. The van der Waals surface area contributed by atoms with Crippen LogP contribution in [0.15, 0.2) is 24.5 Å². The number of rotatable bonds is 2. The summed E-state index contributed by atoms with van der Waals surface area (Å²) in [6, 6.07) is 6.17. The van der Waals surface area contributed by atoms with E-state index < -0.39 is 0 Å². The molecule has 2 aliphatic rings. The van der Waals surface area contributed by atoms with Gasteiger partial charge in [0.05, 0.1) is 18.0 Å². The normalized spacial score (nSPS) is 26.5. The van der Waals surface area contributed by atoms with Crippen LogP contribution in [0.3, 0.4) is 0 Å².